The molecule has 0 saturated carbocycles. The molecule has 0 aromatic carbocycles. The van der Waals surface area contributed by atoms with Gasteiger partial charge in [-0.2, -0.15) is 0 Å². The summed E-state index contributed by atoms with van der Waals surface area (Å²) in [6.07, 6.45) is -0.887. The van der Waals surface area contributed by atoms with Crippen molar-refractivity contribution in [3.05, 3.63) is 26.6 Å². The molecule has 0 fully saturated rings. The van der Waals surface area contributed by atoms with Gasteiger partial charge in [-0.3, -0.25) is 9.78 Å². The molecule has 0 aliphatic carbocycles. The largest absolute Gasteiger partial charge is 0.298 e. The van der Waals surface area contributed by atoms with Crippen LogP contribution in [0.3, 0.4) is 0 Å². The highest BCUT2D eigenvalue weighted by atomic mass is 127. The zero-order valence-electron chi connectivity index (χ0n) is 6.81. The van der Waals surface area contributed by atoms with Crippen LogP contribution in [-0.2, 0) is 5.33 Å². The standard InChI is InChI=1S/C8H5BrF2INO/c9-1-6-4(3-14)7(8(10)11)5(12)2-13-6/h2-3,8H,1H2. The fraction of sp³-hybridized carbons (Fsp3) is 0.250. The van der Waals surface area contributed by atoms with E-state index in [1.165, 1.54) is 6.20 Å². The lowest BCUT2D eigenvalue weighted by Gasteiger charge is -2.08. The van der Waals surface area contributed by atoms with Crippen molar-refractivity contribution in [2.24, 2.45) is 0 Å². The first-order valence-electron chi connectivity index (χ1n) is 3.58. The van der Waals surface area contributed by atoms with Crippen molar-refractivity contribution in [3.63, 3.8) is 0 Å². The predicted octanol–water partition coefficient (Wildman–Crippen LogP) is 3.33. The second-order valence-electron chi connectivity index (χ2n) is 2.43. The highest BCUT2D eigenvalue weighted by Crippen LogP contribution is 2.28. The van der Waals surface area contributed by atoms with Crippen molar-refractivity contribution in [2.45, 2.75) is 11.8 Å². The van der Waals surface area contributed by atoms with Crippen molar-refractivity contribution < 1.29 is 13.6 Å². The summed E-state index contributed by atoms with van der Waals surface area (Å²) in [6.45, 7) is 0. The molecular weight excluding hydrogens is 371 g/mol. The summed E-state index contributed by atoms with van der Waals surface area (Å²) in [5.41, 5.74) is 0.101. The zero-order valence-corrected chi connectivity index (χ0v) is 10.5. The second kappa shape index (κ2) is 5.11. The van der Waals surface area contributed by atoms with Gasteiger partial charge in [0.25, 0.3) is 6.43 Å². The predicted molar refractivity (Wildman–Crippen MR) is 59.9 cm³/mol. The van der Waals surface area contributed by atoms with Crippen molar-refractivity contribution >= 4 is 44.8 Å². The Hall–Kier alpha value is -0.110. The van der Waals surface area contributed by atoms with Crippen LogP contribution in [0.15, 0.2) is 6.20 Å². The van der Waals surface area contributed by atoms with Gasteiger partial charge in [-0.05, 0) is 22.6 Å². The minimum atomic E-state index is -2.65. The van der Waals surface area contributed by atoms with E-state index in [1.807, 2.05) is 0 Å². The third-order valence-corrected chi connectivity index (χ3v) is 3.05. The smallest absolute Gasteiger partial charge is 0.265 e. The SMILES string of the molecule is O=Cc1c(CBr)ncc(I)c1C(F)F. The highest BCUT2D eigenvalue weighted by Gasteiger charge is 2.19. The highest BCUT2D eigenvalue weighted by molar-refractivity contribution is 14.1. The van der Waals surface area contributed by atoms with Crippen molar-refractivity contribution in [1.29, 1.82) is 0 Å². The van der Waals surface area contributed by atoms with Crippen LogP contribution >= 0.6 is 38.5 Å². The molecule has 0 atom stereocenters. The van der Waals surface area contributed by atoms with Crippen LogP contribution in [0.2, 0.25) is 0 Å². The number of aldehydes is 1. The van der Waals surface area contributed by atoms with Crippen molar-refractivity contribution in [3.8, 4) is 0 Å². The topological polar surface area (TPSA) is 30.0 Å². The van der Waals surface area contributed by atoms with Crippen LogP contribution in [0.4, 0.5) is 8.78 Å². The van der Waals surface area contributed by atoms with Gasteiger partial charge in [-0.15, -0.1) is 0 Å². The van der Waals surface area contributed by atoms with Gasteiger partial charge in [-0.1, -0.05) is 15.9 Å². The number of carbonyl (C=O) groups is 1. The van der Waals surface area contributed by atoms with Crippen molar-refractivity contribution in [2.75, 3.05) is 0 Å². The van der Waals surface area contributed by atoms with E-state index in [1.54, 1.807) is 22.6 Å². The van der Waals surface area contributed by atoms with Gasteiger partial charge < -0.3 is 0 Å². The van der Waals surface area contributed by atoms with Crippen LogP contribution < -0.4 is 0 Å². The molecule has 0 saturated heterocycles. The molecule has 1 aromatic heterocycles. The number of hydrogen-bond donors (Lipinski definition) is 0. The number of hydrogen-bond acceptors (Lipinski definition) is 2. The van der Waals surface area contributed by atoms with E-state index in [2.05, 4.69) is 20.9 Å². The number of aromatic nitrogens is 1. The maximum atomic E-state index is 12.6. The van der Waals surface area contributed by atoms with E-state index in [0.29, 0.717) is 15.6 Å². The molecule has 2 nitrogen and oxygen atoms in total. The average Bonchev–Trinajstić information content (AvgIpc) is 2.16. The van der Waals surface area contributed by atoms with E-state index in [9.17, 15) is 13.6 Å². The Balaban J connectivity index is 3.42. The molecule has 0 radical (unpaired) electrons. The van der Waals surface area contributed by atoms with Gasteiger partial charge in [0, 0.05) is 26.2 Å². The minimum absolute atomic E-state index is 0.0104. The first kappa shape index (κ1) is 12.0. The van der Waals surface area contributed by atoms with E-state index < -0.39 is 6.43 Å². The molecule has 1 aromatic rings. The number of rotatable bonds is 3. The molecule has 0 amide bonds. The Morgan fingerprint density at radius 3 is 2.71 bits per heavy atom. The molecule has 1 heterocycles. The Kier molecular flexibility index (Phi) is 4.36. The lowest BCUT2D eigenvalue weighted by atomic mass is 10.1. The molecule has 0 aliphatic rings. The molecule has 0 unspecified atom stereocenters. The van der Waals surface area contributed by atoms with Crippen molar-refractivity contribution in [1.82, 2.24) is 4.98 Å². The van der Waals surface area contributed by atoms with Gasteiger partial charge in [-0.25, -0.2) is 8.78 Å². The third kappa shape index (κ3) is 2.28. The second-order valence-corrected chi connectivity index (χ2v) is 4.16. The van der Waals surface area contributed by atoms with Crippen LogP contribution in [0.1, 0.15) is 28.0 Å². The first-order valence-corrected chi connectivity index (χ1v) is 5.78. The fourth-order valence-electron chi connectivity index (χ4n) is 1.02. The van der Waals surface area contributed by atoms with E-state index in [0.717, 1.165) is 0 Å². The number of halogens is 4. The van der Waals surface area contributed by atoms with Crippen LogP contribution in [0.25, 0.3) is 0 Å². The average molecular weight is 376 g/mol. The fourth-order valence-corrected chi connectivity index (χ4v) is 2.13. The van der Waals surface area contributed by atoms with Gasteiger partial charge in [0.1, 0.15) is 0 Å². The number of nitrogens with zero attached hydrogens (tertiary/aromatic N) is 1. The molecule has 0 N–H and O–H groups in total. The Bertz CT molecular complexity index is 359. The minimum Gasteiger partial charge on any atom is -0.298 e. The molecule has 0 bridgehead atoms. The number of alkyl halides is 3. The molecule has 76 valence electrons. The first-order chi connectivity index (χ1) is 6.61. The summed E-state index contributed by atoms with van der Waals surface area (Å²) in [5.74, 6) is 0. The van der Waals surface area contributed by atoms with Gasteiger partial charge in [0.2, 0.25) is 0 Å². The molecule has 0 aliphatic heterocycles. The molecular formula is C8H5BrF2INO. The Labute approximate surface area is 101 Å². The monoisotopic (exact) mass is 375 g/mol. The summed E-state index contributed by atoms with van der Waals surface area (Å²) in [4.78, 5) is 14.6. The summed E-state index contributed by atoms with van der Waals surface area (Å²) in [6, 6.07) is 0. The summed E-state index contributed by atoms with van der Waals surface area (Å²) >= 11 is 4.83. The third-order valence-electron chi connectivity index (χ3n) is 1.65. The number of carbonyl (C=O) groups excluding carboxylic acids is 1. The van der Waals surface area contributed by atoms with Crippen LogP contribution in [0.5, 0.6) is 0 Å². The quantitative estimate of drug-likeness (QED) is 0.461. The van der Waals surface area contributed by atoms with Gasteiger partial charge >= 0.3 is 0 Å². The molecule has 0 spiro atoms. The Morgan fingerprint density at radius 1 is 1.64 bits per heavy atom. The van der Waals surface area contributed by atoms with Gasteiger partial charge in [0.05, 0.1) is 5.69 Å². The normalized spacial score (nSPS) is 10.6. The molecule has 14 heavy (non-hydrogen) atoms. The molecule has 6 heteroatoms. The van der Waals surface area contributed by atoms with E-state index in [-0.39, 0.29) is 16.5 Å². The molecule has 1 rings (SSSR count). The van der Waals surface area contributed by atoms with Crippen LogP contribution in [-0.4, -0.2) is 11.3 Å². The maximum absolute atomic E-state index is 12.6. The summed E-state index contributed by atoms with van der Waals surface area (Å²) < 4.78 is 25.5. The lowest BCUT2D eigenvalue weighted by molar-refractivity contribution is 0.110. The summed E-state index contributed by atoms with van der Waals surface area (Å²) in [7, 11) is 0. The van der Waals surface area contributed by atoms with Crippen LogP contribution in [0, 0.1) is 3.57 Å². The number of pyridine rings is 1. The van der Waals surface area contributed by atoms with Gasteiger partial charge in [0.15, 0.2) is 6.29 Å². The lowest BCUT2D eigenvalue weighted by Crippen LogP contribution is -2.03. The zero-order chi connectivity index (χ0) is 10.7. The van der Waals surface area contributed by atoms with E-state index >= 15 is 0 Å². The summed E-state index contributed by atoms with van der Waals surface area (Å²) in [5, 5.41) is 0.289. The van der Waals surface area contributed by atoms with E-state index in [4.69, 9.17) is 0 Å². The maximum Gasteiger partial charge on any atom is 0.265 e. The Morgan fingerprint density at radius 2 is 2.29 bits per heavy atom.